The van der Waals surface area contributed by atoms with Crippen LogP contribution in [-0.4, -0.2) is 16.1 Å². The summed E-state index contributed by atoms with van der Waals surface area (Å²) in [6.07, 6.45) is 0. The van der Waals surface area contributed by atoms with Crippen LogP contribution in [-0.2, 0) is 0 Å². The molecular formula is C14H12FNO3. The number of anilines is 1. The smallest absolute Gasteiger partial charge is 0.263 e. The van der Waals surface area contributed by atoms with Gasteiger partial charge < -0.3 is 15.5 Å². The summed E-state index contributed by atoms with van der Waals surface area (Å²) in [5.74, 6) is -1.68. The molecule has 0 atom stereocenters. The number of amides is 1. The summed E-state index contributed by atoms with van der Waals surface area (Å²) in [6, 6.07) is 8.11. The van der Waals surface area contributed by atoms with E-state index in [1.807, 2.05) is 0 Å². The number of hydrogen-bond acceptors (Lipinski definition) is 3. The fraction of sp³-hybridized carbons (Fsp3) is 0.0714. The number of phenols is 2. The van der Waals surface area contributed by atoms with Crippen LogP contribution in [0.4, 0.5) is 10.1 Å². The molecule has 0 radical (unpaired) electrons. The molecular weight excluding hydrogens is 249 g/mol. The Hall–Kier alpha value is -2.56. The van der Waals surface area contributed by atoms with Gasteiger partial charge in [-0.1, -0.05) is 6.07 Å². The maximum Gasteiger partial charge on any atom is 0.263 e. The van der Waals surface area contributed by atoms with Crippen molar-refractivity contribution in [3.05, 3.63) is 53.3 Å². The Morgan fingerprint density at radius 2 is 1.79 bits per heavy atom. The molecule has 1 amide bonds. The van der Waals surface area contributed by atoms with Gasteiger partial charge in [-0.15, -0.1) is 0 Å². The lowest BCUT2D eigenvalue weighted by Gasteiger charge is -2.09. The molecule has 0 spiro atoms. The fourth-order valence-corrected chi connectivity index (χ4v) is 1.68. The van der Waals surface area contributed by atoms with Gasteiger partial charge in [-0.25, -0.2) is 4.39 Å². The second-order valence-corrected chi connectivity index (χ2v) is 4.09. The van der Waals surface area contributed by atoms with Crippen molar-refractivity contribution in [1.82, 2.24) is 0 Å². The molecule has 3 N–H and O–H groups in total. The third-order valence-electron chi connectivity index (χ3n) is 2.66. The van der Waals surface area contributed by atoms with Gasteiger partial charge in [0.15, 0.2) is 0 Å². The van der Waals surface area contributed by atoms with Crippen LogP contribution in [0.15, 0.2) is 36.4 Å². The van der Waals surface area contributed by atoms with Crippen LogP contribution in [0.1, 0.15) is 15.9 Å². The SMILES string of the molecule is Cc1cc(NC(=O)c2c(O)cccc2O)ccc1F. The van der Waals surface area contributed by atoms with E-state index in [9.17, 15) is 19.4 Å². The van der Waals surface area contributed by atoms with Gasteiger partial charge in [0.2, 0.25) is 0 Å². The predicted molar refractivity (Wildman–Crippen MR) is 68.9 cm³/mol. The number of carbonyl (C=O) groups is 1. The highest BCUT2D eigenvalue weighted by atomic mass is 19.1. The number of phenolic OH excluding ortho intramolecular Hbond substituents is 2. The van der Waals surface area contributed by atoms with Gasteiger partial charge in [-0.2, -0.15) is 0 Å². The summed E-state index contributed by atoms with van der Waals surface area (Å²) >= 11 is 0. The molecule has 19 heavy (non-hydrogen) atoms. The largest absolute Gasteiger partial charge is 0.507 e. The molecule has 0 fully saturated rings. The van der Waals surface area contributed by atoms with Crippen molar-refractivity contribution in [2.45, 2.75) is 6.92 Å². The predicted octanol–water partition coefficient (Wildman–Crippen LogP) is 2.80. The van der Waals surface area contributed by atoms with Crippen molar-refractivity contribution in [1.29, 1.82) is 0 Å². The van der Waals surface area contributed by atoms with Crippen LogP contribution >= 0.6 is 0 Å². The lowest BCUT2D eigenvalue weighted by atomic mass is 10.1. The highest BCUT2D eigenvalue weighted by Gasteiger charge is 2.16. The van der Waals surface area contributed by atoms with Gasteiger partial charge in [0.1, 0.15) is 22.9 Å². The van der Waals surface area contributed by atoms with E-state index in [0.717, 1.165) is 0 Å². The van der Waals surface area contributed by atoms with Crippen LogP contribution < -0.4 is 5.32 Å². The summed E-state index contributed by atoms with van der Waals surface area (Å²) in [5, 5.41) is 21.6. The zero-order valence-corrected chi connectivity index (χ0v) is 10.1. The van der Waals surface area contributed by atoms with Gasteiger partial charge in [0, 0.05) is 5.69 Å². The summed E-state index contributed by atoms with van der Waals surface area (Å²) in [4.78, 5) is 11.9. The molecule has 2 rings (SSSR count). The summed E-state index contributed by atoms with van der Waals surface area (Å²) in [7, 11) is 0. The molecule has 0 unspecified atom stereocenters. The zero-order chi connectivity index (χ0) is 14.0. The van der Waals surface area contributed by atoms with E-state index in [1.54, 1.807) is 6.92 Å². The van der Waals surface area contributed by atoms with Crippen molar-refractivity contribution in [3.63, 3.8) is 0 Å². The molecule has 0 aliphatic heterocycles. The average molecular weight is 261 g/mol. The number of carbonyl (C=O) groups excluding carboxylic acids is 1. The maximum atomic E-state index is 13.1. The Bertz CT molecular complexity index is 620. The minimum absolute atomic E-state index is 0.218. The second kappa shape index (κ2) is 4.97. The molecule has 2 aromatic rings. The van der Waals surface area contributed by atoms with E-state index in [1.165, 1.54) is 36.4 Å². The van der Waals surface area contributed by atoms with Crippen LogP contribution in [0.25, 0.3) is 0 Å². The van der Waals surface area contributed by atoms with E-state index in [-0.39, 0.29) is 22.9 Å². The van der Waals surface area contributed by atoms with Crippen LogP contribution in [0, 0.1) is 12.7 Å². The van der Waals surface area contributed by atoms with Gasteiger partial charge in [-0.05, 0) is 42.8 Å². The zero-order valence-electron chi connectivity index (χ0n) is 10.1. The third kappa shape index (κ3) is 2.65. The van der Waals surface area contributed by atoms with Crippen LogP contribution in [0.3, 0.4) is 0 Å². The average Bonchev–Trinajstić information content (AvgIpc) is 2.33. The minimum atomic E-state index is -0.665. The van der Waals surface area contributed by atoms with Crippen molar-refractivity contribution in [3.8, 4) is 11.5 Å². The number of aromatic hydroxyl groups is 2. The number of aryl methyl sites for hydroxylation is 1. The molecule has 4 nitrogen and oxygen atoms in total. The first kappa shape index (κ1) is 12.9. The van der Waals surface area contributed by atoms with Gasteiger partial charge >= 0.3 is 0 Å². The molecule has 0 aliphatic carbocycles. The lowest BCUT2D eigenvalue weighted by Crippen LogP contribution is -2.12. The lowest BCUT2D eigenvalue weighted by molar-refractivity contribution is 0.102. The number of halogens is 1. The molecule has 5 heteroatoms. The Morgan fingerprint density at radius 1 is 1.16 bits per heavy atom. The maximum absolute atomic E-state index is 13.1. The normalized spacial score (nSPS) is 10.2. The first-order valence-corrected chi connectivity index (χ1v) is 5.57. The molecule has 2 aromatic carbocycles. The monoisotopic (exact) mass is 261 g/mol. The highest BCUT2D eigenvalue weighted by molar-refractivity contribution is 6.08. The van der Waals surface area contributed by atoms with E-state index < -0.39 is 5.91 Å². The van der Waals surface area contributed by atoms with Gasteiger partial charge in [-0.3, -0.25) is 4.79 Å². The van der Waals surface area contributed by atoms with Crippen molar-refractivity contribution >= 4 is 11.6 Å². The fourth-order valence-electron chi connectivity index (χ4n) is 1.68. The van der Waals surface area contributed by atoms with Gasteiger partial charge in [0.05, 0.1) is 0 Å². The van der Waals surface area contributed by atoms with Gasteiger partial charge in [0.25, 0.3) is 5.91 Å². The van der Waals surface area contributed by atoms with Crippen molar-refractivity contribution in [2.75, 3.05) is 5.32 Å². The number of rotatable bonds is 2. The quantitative estimate of drug-likeness (QED) is 0.778. The van der Waals surface area contributed by atoms with E-state index in [4.69, 9.17) is 0 Å². The topological polar surface area (TPSA) is 69.6 Å². The second-order valence-electron chi connectivity index (χ2n) is 4.09. The Balaban J connectivity index is 2.28. The summed E-state index contributed by atoms with van der Waals surface area (Å²) in [6.45, 7) is 1.57. The summed E-state index contributed by atoms with van der Waals surface area (Å²) < 4.78 is 13.1. The number of hydrogen-bond donors (Lipinski definition) is 3. The molecule has 0 aliphatic rings. The summed E-state index contributed by atoms with van der Waals surface area (Å²) in [5.41, 5.74) is 0.551. The number of benzene rings is 2. The van der Waals surface area contributed by atoms with Crippen LogP contribution in [0.2, 0.25) is 0 Å². The minimum Gasteiger partial charge on any atom is -0.507 e. The first-order chi connectivity index (χ1) is 8.99. The Morgan fingerprint density at radius 3 is 2.37 bits per heavy atom. The molecule has 0 aromatic heterocycles. The molecule has 0 bridgehead atoms. The highest BCUT2D eigenvalue weighted by Crippen LogP contribution is 2.27. The molecule has 0 saturated carbocycles. The Labute approximate surface area is 109 Å². The van der Waals surface area contributed by atoms with Crippen molar-refractivity contribution < 1.29 is 19.4 Å². The number of nitrogens with one attached hydrogen (secondary N) is 1. The van der Waals surface area contributed by atoms with Crippen molar-refractivity contribution in [2.24, 2.45) is 0 Å². The Kier molecular flexibility index (Phi) is 3.37. The standard InChI is InChI=1S/C14H12FNO3/c1-8-7-9(5-6-10(8)15)16-14(19)13-11(17)3-2-4-12(13)18/h2-7,17-18H,1H3,(H,16,19). The molecule has 0 heterocycles. The molecule has 0 saturated heterocycles. The van der Waals surface area contributed by atoms with Crippen LogP contribution in [0.5, 0.6) is 11.5 Å². The molecule has 98 valence electrons. The van der Waals surface area contributed by atoms with E-state index in [2.05, 4.69) is 5.32 Å². The van der Waals surface area contributed by atoms with E-state index >= 15 is 0 Å². The third-order valence-corrected chi connectivity index (χ3v) is 2.66. The van der Waals surface area contributed by atoms with E-state index in [0.29, 0.717) is 11.3 Å². The first-order valence-electron chi connectivity index (χ1n) is 5.57.